The van der Waals surface area contributed by atoms with Gasteiger partial charge in [0.1, 0.15) is 0 Å². The monoisotopic (exact) mass is 227 g/mol. The molecule has 88 valence electrons. The zero-order chi connectivity index (χ0) is 12.3. The van der Waals surface area contributed by atoms with Crippen LogP contribution >= 0.6 is 0 Å². The summed E-state index contributed by atoms with van der Waals surface area (Å²) in [7, 11) is 0. The number of hydrogen-bond donors (Lipinski definition) is 2. The van der Waals surface area contributed by atoms with Crippen molar-refractivity contribution in [1.29, 1.82) is 0 Å². The van der Waals surface area contributed by atoms with Crippen LogP contribution in [-0.2, 0) is 0 Å². The smallest absolute Gasteiger partial charge is 0.0912 e. The maximum Gasteiger partial charge on any atom is 0.0912 e. The van der Waals surface area contributed by atoms with Crippen molar-refractivity contribution < 1.29 is 5.11 Å². The fraction of sp³-hybridized carbons (Fsp3) is 0.200. The molecular formula is C15H17NO. The van der Waals surface area contributed by atoms with Crippen molar-refractivity contribution >= 4 is 0 Å². The van der Waals surface area contributed by atoms with Crippen molar-refractivity contribution in [1.82, 2.24) is 0 Å². The highest BCUT2D eigenvalue weighted by Gasteiger charge is 2.07. The van der Waals surface area contributed by atoms with E-state index in [1.165, 1.54) is 11.1 Å². The van der Waals surface area contributed by atoms with Gasteiger partial charge in [-0.05, 0) is 35.2 Å². The Balaban J connectivity index is 2.43. The van der Waals surface area contributed by atoms with Crippen LogP contribution < -0.4 is 5.73 Å². The third-order valence-corrected chi connectivity index (χ3v) is 2.95. The van der Waals surface area contributed by atoms with Gasteiger partial charge in [0.05, 0.1) is 6.10 Å². The molecule has 0 saturated carbocycles. The highest BCUT2D eigenvalue weighted by Crippen LogP contribution is 2.25. The van der Waals surface area contributed by atoms with Crippen LogP contribution in [0.1, 0.15) is 17.2 Å². The fourth-order valence-electron chi connectivity index (χ4n) is 1.95. The lowest BCUT2D eigenvalue weighted by Crippen LogP contribution is -2.11. The van der Waals surface area contributed by atoms with E-state index >= 15 is 0 Å². The SMILES string of the molecule is Cc1ccccc1-c1cccc(C(O)CN)c1. The largest absolute Gasteiger partial charge is 0.387 e. The molecule has 2 heteroatoms. The molecule has 0 bridgehead atoms. The predicted octanol–water partition coefficient (Wildman–Crippen LogP) is 2.65. The zero-order valence-electron chi connectivity index (χ0n) is 9.93. The van der Waals surface area contributed by atoms with Crippen LogP contribution in [0.25, 0.3) is 11.1 Å². The highest BCUT2D eigenvalue weighted by molar-refractivity contribution is 5.67. The summed E-state index contributed by atoms with van der Waals surface area (Å²) in [4.78, 5) is 0. The summed E-state index contributed by atoms with van der Waals surface area (Å²) in [5.74, 6) is 0. The molecule has 0 amide bonds. The third kappa shape index (κ3) is 2.54. The quantitative estimate of drug-likeness (QED) is 0.846. The second-order valence-electron chi connectivity index (χ2n) is 4.19. The van der Waals surface area contributed by atoms with Crippen LogP contribution in [0, 0.1) is 6.92 Å². The van der Waals surface area contributed by atoms with Crippen molar-refractivity contribution in [2.24, 2.45) is 5.73 Å². The number of hydrogen-bond acceptors (Lipinski definition) is 2. The Morgan fingerprint density at radius 2 is 1.88 bits per heavy atom. The molecule has 2 nitrogen and oxygen atoms in total. The first-order valence-corrected chi connectivity index (χ1v) is 5.76. The lowest BCUT2D eigenvalue weighted by molar-refractivity contribution is 0.187. The molecule has 0 aliphatic rings. The summed E-state index contributed by atoms with van der Waals surface area (Å²) < 4.78 is 0. The van der Waals surface area contributed by atoms with Crippen molar-refractivity contribution in [2.45, 2.75) is 13.0 Å². The lowest BCUT2D eigenvalue weighted by atomic mass is 9.97. The third-order valence-electron chi connectivity index (χ3n) is 2.95. The van der Waals surface area contributed by atoms with E-state index in [1.54, 1.807) is 0 Å². The predicted molar refractivity (Wildman–Crippen MR) is 70.6 cm³/mol. The molecule has 0 spiro atoms. The summed E-state index contributed by atoms with van der Waals surface area (Å²) in [6, 6.07) is 16.1. The van der Waals surface area contributed by atoms with Gasteiger partial charge in [-0.3, -0.25) is 0 Å². The van der Waals surface area contributed by atoms with E-state index in [-0.39, 0.29) is 6.54 Å². The van der Waals surface area contributed by atoms with Gasteiger partial charge in [-0.15, -0.1) is 0 Å². The maximum atomic E-state index is 9.74. The molecule has 0 saturated heterocycles. The molecule has 1 unspecified atom stereocenters. The number of aliphatic hydroxyl groups is 1. The first-order chi connectivity index (χ1) is 8.22. The number of rotatable bonds is 3. The summed E-state index contributed by atoms with van der Waals surface area (Å²) in [6.07, 6.45) is -0.584. The molecule has 2 rings (SSSR count). The molecule has 3 N–H and O–H groups in total. The van der Waals surface area contributed by atoms with Gasteiger partial charge in [-0.1, -0.05) is 42.5 Å². The van der Waals surface area contributed by atoms with Gasteiger partial charge in [0.25, 0.3) is 0 Å². The normalized spacial score (nSPS) is 12.4. The Morgan fingerprint density at radius 3 is 2.59 bits per heavy atom. The Hall–Kier alpha value is -1.64. The van der Waals surface area contributed by atoms with Gasteiger partial charge in [-0.25, -0.2) is 0 Å². The van der Waals surface area contributed by atoms with Crippen molar-refractivity contribution in [2.75, 3.05) is 6.54 Å². The summed E-state index contributed by atoms with van der Waals surface area (Å²) in [5.41, 5.74) is 9.88. The van der Waals surface area contributed by atoms with Crippen LogP contribution in [0.15, 0.2) is 48.5 Å². The van der Waals surface area contributed by atoms with Crippen LogP contribution in [0.4, 0.5) is 0 Å². The topological polar surface area (TPSA) is 46.2 Å². The maximum absolute atomic E-state index is 9.74. The zero-order valence-corrected chi connectivity index (χ0v) is 9.93. The van der Waals surface area contributed by atoms with E-state index in [4.69, 9.17) is 5.73 Å². The highest BCUT2D eigenvalue weighted by atomic mass is 16.3. The summed E-state index contributed by atoms with van der Waals surface area (Å²) in [6.45, 7) is 2.33. The van der Waals surface area contributed by atoms with E-state index in [1.807, 2.05) is 30.3 Å². The minimum Gasteiger partial charge on any atom is -0.387 e. The molecule has 17 heavy (non-hydrogen) atoms. The lowest BCUT2D eigenvalue weighted by Gasteiger charge is -2.11. The van der Waals surface area contributed by atoms with Gasteiger partial charge in [-0.2, -0.15) is 0 Å². The number of benzene rings is 2. The minimum absolute atomic E-state index is 0.247. The van der Waals surface area contributed by atoms with Gasteiger partial charge in [0.15, 0.2) is 0 Å². The van der Waals surface area contributed by atoms with Crippen molar-refractivity contribution in [3.05, 3.63) is 59.7 Å². The van der Waals surface area contributed by atoms with Crippen LogP contribution in [0.5, 0.6) is 0 Å². The van der Waals surface area contributed by atoms with E-state index in [9.17, 15) is 5.11 Å². The van der Waals surface area contributed by atoms with E-state index < -0.39 is 6.10 Å². The molecule has 0 fully saturated rings. The van der Waals surface area contributed by atoms with Crippen LogP contribution in [0.2, 0.25) is 0 Å². The Bertz CT molecular complexity index is 508. The van der Waals surface area contributed by atoms with Crippen molar-refractivity contribution in [3.63, 3.8) is 0 Å². The Morgan fingerprint density at radius 1 is 1.12 bits per heavy atom. The minimum atomic E-state index is -0.584. The Kier molecular flexibility index (Phi) is 3.57. The molecule has 0 aromatic heterocycles. The second-order valence-corrected chi connectivity index (χ2v) is 4.19. The molecule has 0 heterocycles. The Labute approximate surface area is 102 Å². The first-order valence-electron chi connectivity index (χ1n) is 5.76. The van der Waals surface area contributed by atoms with Crippen molar-refractivity contribution in [3.8, 4) is 11.1 Å². The van der Waals surface area contributed by atoms with Crippen LogP contribution in [-0.4, -0.2) is 11.7 Å². The van der Waals surface area contributed by atoms with Gasteiger partial charge < -0.3 is 10.8 Å². The molecule has 1 atom stereocenters. The van der Waals surface area contributed by atoms with Gasteiger partial charge in [0, 0.05) is 6.54 Å². The molecular weight excluding hydrogens is 210 g/mol. The standard InChI is InChI=1S/C15H17NO/c1-11-5-2-3-8-14(11)12-6-4-7-13(9-12)15(17)10-16/h2-9,15,17H,10,16H2,1H3. The average molecular weight is 227 g/mol. The number of aryl methyl sites for hydroxylation is 1. The molecule has 0 aliphatic heterocycles. The fourth-order valence-corrected chi connectivity index (χ4v) is 1.95. The van der Waals surface area contributed by atoms with Gasteiger partial charge in [0.2, 0.25) is 0 Å². The molecule has 0 radical (unpaired) electrons. The number of nitrogens with two attached hydrogens (primary N) is 1. The average Bonchev–Trinajstić information content (AvgIpc) is 2.38. The number of aliphatic hydroxyl groups excluding tert-OH is 1. The molecule has 2 aromatic carbocycles. The molecule has 2 aromatic rings. The first kappa shape index (κ1) is 11.8. The second kappa shape index (κ2) is 5.13. The van der Waals surface area contributed by atoms with Crippen LogP contribution in [0.3, 0.4) is 0 Å². The van der Waals surface area contributed by atoms with E-state index in [0.29, 0.717) is 0 Å². The summed E-state index contributed by atoms with van der Waals surface area (Å²) in [5, 5.41) is 9.74. The summed E-state index contributed by atoms with van der Waals surface area (Å²) >= 11 is 0. The van der Waals surface area contributed by atoms with E-state index in [0.717, 1.165) is 11.1 Å². The van der Waals surface area contributed by atoms with E-state index in [2.05, 4.69) is 25.1 Å². The van der Waals surface area contributed by atoms with Gasteiger partial charge >= 0.3 is 0 Å². The molecule has 0 aliphatic carbocycles.